The molecule has 2 aliphatic rings. The minimum atomic E-state index is -0.394. The van der Waals surface area contributed by atoms with Crippen molar-refractivity contribution in [1.82, 2.24) is 10.2 Å². The molecule has 1 saturated carbocycles. The molecule has 2 atom stereocenters. The molecule has 2 fully saturated rings. The first-order valence-electron chi connectivity index (χ1n) is 11.3. The third-order valence-corrected chi connectivity index (χ3v) is 6.63. The second kappa shape index (κ2) is 10.0. The molecule has 2 N–H and O–H groups in total. The van der Waals surface area contributed by atoms with Crippen molar-refractivity contribution in [2.24, 2.45) is 11.8 Å². The smallest absolute Gasteiger partial charge is 0.319 e. The lowest BCUT2D eigenvalue weighted by Crippen LogP contribution is -2.44. The Morgan fingerprint density at radius 3 is 2.56 bits per heavy atom. The third kappa shape index (κ3) is 5.21. The fourth-order valence-electron chi connectivity index (χ4n) is 4.86. The van der Waals surface area contributed by atoms with E-state index in [0.717, 1.165) is 31.0 Å². The van der Waals surface area contributed by atoms with E-state index in [1.54, 1.807) is 30.3 Å². The number of amides is 3. The van der Waals surface area contributed by atoms with Crippen LogP contribution >= 0.6 is 0 Å². The van der Waals surface area contributed by atoms with E-state index in [1.165, 1.54) is 44.9 Å². The van der Waals surface area contributed by atoms with Crippen LogP contribution in [0.15, 0.2) is 42.5 Å². The number of hydrogen-bond donors (Lipinski definition) is 2. The molecule has 0 radical (unpaired) electrons. The number of rotatable bonds is 5. The summed E-state index contributed by atoms with van der Waals surface area (Å²) < 4.78 is 18.5. The molecular weight excluding hydrogens is 409 g/mol. The maximum absolute atomic E-state index is 13.2. The second-order valence-corrected chi connectivity index (χ2v) is 8.69. The van der Waals surface area contributed by atoms with Gasteiger partial charge in [0.15, 0.2) is 0 Å². The van der Waals surface area contributed by atoms with Crippen LogP contribution < -0.4 is 15.4 Å². The third-order valence-electron chi connectivity index (χ3n) is 6.63. The summed E-state index contributed by atoms with van der Waals surface area (Å²) >= 11 is 0. The Kier molecular flexibility index (Phi) is 6.93. The van der Waals surface area contributed by atoms with E-state index in [4.69, 9.17) is 4.74 Å². The number of fused-ring (bicyclic) bond motifs is 1. The second-order valence-electron chi connectivity index (χ2n) is 8.69. The molecule has 7 heteroatoms. The number of carbonyl (C=O) groups excluding carboxylic acids is 2. The quantitative estimate of drug-likeness (QED) is 0.703. The Hall–Kier alpha value is -3.09. The van der Waals surface area contributed by atoms with Crippen LogP contribution in [-0.4, -0.2) is 37.0 Å². The first kappa shape index (κ1) is 22.1. The lowest BCUT2D eigenvalue weighted by Gasteiger charge is -2.41. The number of urea groups is 1. The van der Waals surface area contributed by atoms with Crippen LogP contribution in [0, 0.1) is 17.7 Å². The molecule has 0 bridgehead atoms. The average Bonchev–Trinajstić information content (AvgIpc) is 2.83. The Balaban J connectivity index is 1.37. The fourth-order valence-corrected chi connectivity index (χ4v) is 4.86. The van der Waals surface area contributed by atoms with Crippen LogP contribution in [0.1, 0.15) is 48.0 Å². The molecule has 170 valence electrons. The van der Waals surface area contributed by atoms with Crippen molar-refractivity contribution in [3.8, 4) is 5.75 Å². The molecule has 1 aliphatic carbocycles. The highest BCUT2D eigenvalue weighted by molar-refractivity contribution is 5.98. The summed E-state index contributed by atoms with van der Waals surface area (Å²) in [6, 6.07) is 10.6. The number of methoxy groups -OCH3 is 1. The van der Waals surface area contributed by atoms with Crippen LogP contribution in [0.2, 0.25) is 0 Å². The zero-order valence-corrected chi connectivity index (χ0v) is 18.4. The zero-order valence-electron chi connectivity index (χ0n) is 18.4. The molecule has 6 nitrogen and oxygen atoms in total. The molecule has 1 saturated heterocycles. The van der Waals surface area contributed by atoms with Gasteiger partial charge in [-0.1, -0.05) is 31.4 Å². The summed E-state index contributed by atoms with van der Waals surface area (Å²) in [5.41, 5.74) is 1.84. The van der Waals surface area contributed by atoms with Crippen LogP contribution in [0.3, 0.4) is 0 Å². The molecule has 0 aromatic heterocycles. The summed E-state index contributed by atoms with van der Waals surface area (Å²) in [4.78, 5) is 27.4. The van der Waals surface area contributed by atoms with Gasteiger partial charge in [-0.05, 0) is 54.5 Å². The number of nitrogens with one attached hydrogen (secondary N) is 2. The van der Waals surface area contributed by atoms with Gasteiger partial charge in [-0.25, -0.2) is 9.18 Å². The van der Waals surface area contributed by atoms with Crippen molar-refractivity contribution in [3.63, 3.8) is 0 Å². The summed E-state index contributed by atoms with van der Waals surface area (Å²) in [7, 11) is 1.53. The normalized spacial score (nSPS) is 20.2. The van der Waals surface area contributed by atoms with Crippen LogP contribution in [-0.2, 0) is 6.54 Å². The SMILES string of the molecule is COc1cc(NC(=O)NCc2ccc(F)cc2)ccc1C(=O)N1CC[C@H]2CCCC[C@H]2C1. The minimum Gasteiger partial charge on any atom is -0.496 e. The van der Waals surface area contributed by atoms with Gasteiger partial charge in [0.05, 0.1) is 12.7 Å². The fraction of sp³-hybridized carbons (Fsp3) is 0.440. The maximum atomic E-state index is 13.2. The van der Waals surface area contributed by atoms with E-state index in [-0.39, 0.29) is 18.3 Å². The number of likely N-dealkylation sites (tertiary alicyclic amines) is 1. The van der Waals surface area contributed by atoms with Crippen molar-refractivity contribution in [1.29, 1.82) is 0 Å². The van der Waals surface area contributed by atoms with E-state index in [9.17, 15) is 14.0 Å². The lowest BCUT2D eigenvalue weighted by atomic mass is 9.75. The number of piperidine rings is 1. The van der Waals surface area contributed by atoms with Gasteiger partial charge in [0, 0.05) is 31.4 Å². The Labute approximate surface area is 188 Å². The Morgan fingerprint density at radius 1 is 1.06 bits per heavy atom. The van der Waals surface area contributed by atoms with Gasteiger partial charge in [-0.15, -0.1) is 0 Å². The molecule has 0 spiro atoms. The minimum absolute atomic E-state index is 0.0156. The lowest BCUT2D eigenvalue weighted by molar-refractivity contribution is 0.0518. The molecular formula is C25H30FN3O3. The van der Waals surface area contributed by atoms with Crippen molar-refractivity contribution >= 4 is 17.6 Å². The zero-order chi connectivity index (χ0) is 22.5. The molecule has 4 rings (SSSR count). The molecule has 1 heterocycles. The monoisotopic (exact) mass is 439 g/mol. The predicted molar refractivity (Wildman–Crippen MR) is 121 cm³/mol. The first-order chi connectivity index (χ1) is 15.5. The maximum Gasteiger partial charge on any atom is 0.319 e. The highest BCUT2D eigenvalue weighted by Crippen LogP contribution is 2.37. The number of nitrogens with zero attached hydrogens (tertiary/aromatic N) is 1. The summed E-state index contributed by atoms with van der Waals surface area (Å²) in [5, 5.41) is 5.48. The summed E-state index contributed by atoms with van der Waals surface area (Å²) in [5.74, 6) is 1.48. The molecule has 2 aromatic rings. The highest BCUT2D eigenvalue weighted by Gasteiger charge is 2.33. The van der Waals surface area contributed by atoms with Crippen LogP contribution in [0.5, 0.6) is 5.75 Å². The summed E-state index contributed by atoms with van der Waals surface area (Å²) in [6.45, 7) is 1.88. The van der Waals surface area contributed by atoms with E-state index in [2.05, 4.69) is 10.6 Å². The number of hydrogen-bond acceptors (Lipinski definition) is 3. The topological polar surface area (TPSA) is 70.7 Å². The molecule has 3 amide bonds. The van der Waals surface area contributed by atoms with E-state index in [0.29, 0.717) is 22.9 Å². The number of carbonyl (C=O) groups is 2. The Morgan fingerprint density at radius 2 is 1.81 bits per heavy atom. The van der Waals surface area contributed by atoms with E-state index < -0.39 is 6.03 Å². The van der Waals surface area contributed by atoms with Crippen molar-refractivity contribution in [2.45, 2.75) is 38.6 Å². The van der Waals surface area contributed by atoms with Gasteiger partial charge < -0.3 is 20.3 Å². The van der Waals surface area contributed by atoms with E-state index in [1.807, 2.05) is 4.90 Å². The van der Waals surface area contributed by atoms with Crippen molar-refractivity contribution in [2.75, 3.05) is 25.5 Å². The molecule has 2 aromatic carbocycles. The average molecular weight is 440 g/mol. The van der Waals surface area contributed by atoms with E-state index >= 15 is 0 Å². The van der Waals surface area contributed by atoms with Crippen LogP contribution in [0.4, 0.5) is 14.9 Å². The van der Waals surface area contributed by atoms with Gasteiger partial charge in [-0.3, -0.25) is 4.79 Å². The summed E-state index contributed by atoms with van der Waals surface area (Å²) in [6.07, 6.45) is 6.15. The number of benzene rings is 2. The largest absolute Gasteiger partial charge is 0.496 e. The number of anilines is 1. The van der Waals surface area contributed by atoms with Gasteiger partial charge in [-0.2, -0.15) is 0 Å². The molecule has 0 unspecified atom stereocenters. The standard InChI is InChI=1S/C25H30FN3O3/c1-32-23-14-21(28-25(31)27-15-17-6-8-20(26)9-7-17)10-11-22(23)24(30)29-13-12-18-4-2-3-5-19(18)16-29/h6-11,14,18-19H,2-5,12-13,15-16H2,1H3,(H2,27,28,31)/t18-,19+/m1/s1. The van der Waals surface area contributed by atoms with Gasteiger partial charge in [0.2, 0.25) is 0 Å². The van der Waals surface area contributed by atoms with Crippen molar-refractivity contribution < 1.29 is 18.7 Å². The van der Waals surface area contributed by atoms with Crippen molar-refractivity contribution in [3.05, 3.63) is 59.4 Å². The molecule has 32 heavy (non-hydrogen) atoms. The molecule has 1 aliphatic heterocycles. The number of halogens is 1. The predicted octanol–water partition coefficient (Wildman–Crippen LogP) is 4.81. The van der Waals surface area contributed by atoms with Gasteiger partial charge in [0.25, 0.3) is 5.91 Å². The van der Waals surface area contributed by atoms with Gasteiger partial charge >= 0.3 is 6.03 Å². The Bertz CT molecular complexity index is 963. The first-order valence-corrected chi connectivity index (χ1v) is 11.3. The number of ether oxygens (including phenoxy) is 1. The van der Waals surface area contributed by atoms with Gasteiger partial charge in [0.1, 0.15) is 11.6 Å². The highest BCUT2D eigenvalue weighted by atomic mass is 19.1. The van der Waals surface area contributed by atoms with Crippen LogP contribution in [0.25, 0.3) is 0 Å².